The van der Waals surface area contributed by atoms with E-state index in [1.807, 2.05) is 76.7 Å². The van der Waals surface area contributed by atoms with Crippen LogP contribution >= 0.6 is 0 Å². The lowest BCUT2D eigenvalue weighted by atomic mass is 9.76. The van der Waals surface area contributed by atoms with E-state index in [0.29, 0.717) is 44.3 Å². The lowest BCUT2D eigenvalue weighted by Crippen LogP contribution is -2.36. The summed E-state index contributed by atoms with van der Waals surface area (Å²) in [6, 6.07) is 21.3. The normalized spacial score (nSPS) is 23.2. The first kappa shape index (κ1) is 57.2. The summed E-state index contributed by atoms with van der Waals surface area (Å²) in [7, 11) is 7.95. The van der Waals surface area contributed by atoms with Crippen molar-refractivity contribution in [1.82, 2.24) is 9.15 Å². The predicted octanol–water partition coefficient (Wildman–Crippen LogP) is 7.35. The molecular weight excluding hydrogens is 1060 g/mol. The van der Waals surface area contributed by atoms with Gasteiger partial charge in [-0.15, -0.1) is 0 Å². The summed E-state index contributed by atoms with van der Waals surface area (Å²) in [5.74, 6) is -3.11. The van der Waals surface area contributed by atoms with E-state index in [4.69, 9.17) is 0 Å². The first-order valence-electron chi connectivity index (χ1n) is 28.8. The molecule has 84 heavy (non-hydrogen) atoms. The van der Waals surface area contributed by atoms with Crippen LogP contribution in [0.5, 0.6) is 0 Å². The monoisotopic (exact) mass is 1130 g/mol. The number of carbonyl (C=O) groups excluding carboxylic acids is 6. The number of aliphatic hydroxyl groups is 2. The molecule has 16 heteroatoms. The van der Waals surface area contributed by atoms with Gasteiger partial charge in [-0.25, -0.2) is 9.15 Å². The van der Waals surface area contributed by atoms with Crippen molar-refractivity contribution in [3.63, 3.8) is 0 Å². The molecule has 2 aliphatic carbocycles. The molecule has 4 heterocycles. The quantitative estimate of drug-likeness (QED) is 0.0854. The highest BCUT2D eigenvalue weighted by Crippen LogP contribution is 2.52. The van der Waals surface area contributed by atoms with Crippen molar-refractivity contribution in [2.45, 2.75) is 143 Å². The Morgan fingerprint density at radius 1 is 0.464 bits per heavy atom. The van der Waals surface area contributed by atoms with E-state index in [0.717, 1.165) is 44.3 Å². The van der Waals surface area contributed by atoms with Gasteiger partial charge in [0.05, 0.1) is 55.9 Å². The number of Topliss-reactive ketones (excluding diaryl/α,β-unsaturated/α-hetero) is 2. The number of amides is 4. The molecule has 6 aliphatic rings. The van der Waals surface area contributed by atoms with E-state index >= 15 is 0 Å². The zero-order chi connectivity index (χ0) is 61.3. The molecule has 0 bridgehead atoms. The van der Waals surface area contributed by atoms with Crippen LogP contribution in [0.3, 0.4) is 0 Å². The van der Waals surface area contributed by atoms with Gasteiger partial charge in [-0.3, -0.25) is 28.8 Å². The maximum Gasteiger partial charge on any atom is 0.255 e. The third kappa shape index (κ3) is 8.12. The van der Waals surface area contributed by atoms with Gasteiger partial charge in [-0.1, -0.05) is 27.7 Å². The summed E-state index contributed by atoms with van der Waals surface area (Å²) in [5.41, 5.74) is 6.94. The predicted molar refractivity (Wildman–Crippen MR) is 332 cm³/mol. The number of fused-ring (bicyclic) bond motifs is 4. The van der Waals surface area contributed by atoms with Crippen LogP contribution in [0.4, 0.5) is 34.1 Å². The van der Waals surface area contributed by atoms with E-state index in [-0.39, 0.29) is 103 Å². The van der Waals surface area contributed by atoms with Crippen molar-refractivity contribution in [2.75, 3.05) is 59.3 Å². The number of carbonyl (C=O) groups is 6. The van der Waals surface area contributed by atoms with Crippen molar-refractivity contribution in [3.8, 4) is 0 Å². The average molecular weight is 1130 g/mol. The largest absolute Gasteiger partial charge is 0.506 e. The molecule has 6 N–H and O–H groups in total. The minimum absolute atomic E-state index is 0.0359. The Kier molecular flexibility index (Phi) is 12.9. The molecule has 0 radical (unpaired) electrons. The highest BCUT2D eigenvalue weighted by atomic mass is 16.3. The molecule has 434 valence electrons. The Morgan fingerprint density at radius 3 is 1.15 bits per heavy atom. The second kappa shape index (κ2) is 18.9. The molecule has 4 aliphatic heterocycles. The van der Waals surface area contributed by atoms with Crippen molar-refractivity contribution in [2.24, 2.45) is 0 Å². The molecule has 4 unspecified atom stereocenters. The van der Waals surface area contributed by atoms with Gasteiger partial charge in [-0.2, -0.15) is 0 Å². The number of allylic oxidation sites excluding steroid dienone is 4. The Bertz CT molecular complexity index is 4270. The smallest absolute Gasteiger partial charge is 0.255 e. The van der Waals surface area contributed by atoms with Crippen molar-refractivity contribution >= 4 is 91.6 Å². The zero-order valence-corrected chi connectivity index (χ0v) is 51.4. The molecule has 11 rings (SSSR count). The van der Waals surface area contributed by atoms with Gasteiger partial charge in [-0.05, 0) is 127 Å². The fourth-order valence-corrected chi connectivity index (χ4v) is 13.8. The average Bonchev–Trinajstić information content (AvgIpc) is 1.22. The first-order valence-corrected chi connectivity index (χ1v) is 28.8. The number of benzene rings is 5. The number of likely N-dealkylation sites (N-methyl/N-ethyl adjacent to an activating group) is 4. The molecule has 0 aromatic heterocycles. The number of rotatable bonds is 8. The van der Waals surface area contributed by atoms with Crippen molar-refractivity contribution in [1.29, 1.82) is 0 Å². The third-order valence-electron chi connectivity index (χ3n) is 20.8. The van der Waals surface area contributed by atoms with Gasteiger partial charge in [0, 0.05) is 118 Å². The van der Waals surface area contributed by atoms with Gasteiger partial charge in [0.1, 0.15) is 25.6 Å². The van der Waals surface area contributed by atoms with E-state index in [9.17, 15) is 39.0 Å². The van der Waals surface area contributed by atoms with Crippen LogP contribution in [0.25, 0.3) is 22.3 Å². The van der Waals surface area contributed by atoms with E-state index < -0.39 is 23.4 Å². The zero-order valence-electron chi connectivity index (χ0n) is 51.4. The molecule has 5 aromatic carbocycles. The Morgan fingerprint density at radius 2 is 0.798 bits per heavy atom. The number of hydrogen-bond acceptors (Lipinski definition) is 10. The fraction of sp³-hybridized carbons (Fsp3) is 0.382. The molecule has 0 spiro atoms. The van der Waals surface area contributed by atoms with Crippen LogP contribution in [0.2, 0.25) is 0 Å². The molecular formula is C68H76N8O8+2. The molecule has 0 saturated carbocycles. The number of anilines is 6. The van der Waals surface area contributed by atoms with Gasteiger partial charge in [0.15, 0.2) is 12.1 Å². The fourth-order valence-electron chi connectivity index (χ4n) is 13.8. The lowest BCUT2D eigenvalue weighted by molar-refractivity contribution is -0.115. The number of nitrogens with zero attached hydrogens (tertiary/aromatic N) is 4. The number of aliphatic hydroxyl groups excluding tert-OH is 2. The molecule has 16 nitrogen and oxygen atoms in total. The standard InChI is InChI=1S/C68H74N8O8/c1-31-65(7,8)43-23-39(47(69-35(5)77)27-51(43)73(31)15)55-59(79)57(60(55)80)41-25-45-53(75(17)33(3)67(45,11)12)29-49(41)71-63(83)37-19-21-38(22-20-37)64(84)72-50-30-54-46(68(13,14)34(4)76(54)18)26-42(50)58-61(81)56(62(58)82)40-24-44-52(28-48(40)70-36(6)78)74(16)32(2)66(44,9)10/h19-34H,1-18H3,(H4,69,70,71,72,77,78,79,80,81,82,83,84)/p+2. The maximum atomic E-state index is 14.8. The summed E-state index contributed by atoms with van der Waals surface area (Å²) >= 11 is 0. The van der Waals surface area contributed by atoms with Gasteiger partial charge < -0.3 is 41.3 Å². The van der Waals surface area contributed by atoms with Crippen LogP contribution in [0.15, 0.2) is 84.3 Å². The highest BCUT2D eigenvalue weighted by molar-refractivity contribution is 6.53. The van der Waals surface area contributed by atoms with Crippen LogP contribution in [-0.4, -0.2) is 97.8 Å². The summed E-state index contributed by atoms with van der Waals surface area (Å²) in [4.78, 5) is 88.0. The number of ketones is 2. The molecule has 5 aromatic rings. The Labute approximate surface area is 489 Å². The molecule has 4 atom stereocenters. The van der Waals surface area contributed by atoms with E-state index in [1.54, 1.807) is 0 Å². The second-order valence-corrected chi connectivity index (χ2v) is 26.4. The van der Waals surface area contributed by atoms with Gasteiger partial charge >= 0.3 is 0 Å². The lowest BCUT2D eigenvalue weighted by Gasteiger charge is -2.28. The summed E-state index contributed by atoms with van der Waals surface area (Å²) in [6.45, 7) is 28.3. The Balaban J connectivity index is 0.952. The summed E-state index contributed by atoms with van der Waals surface area (Å²) < 4.78 is 4.27. The second-order valence-electron chi connectivity index (χ2n) is 26.4. The van der Waals surface area contributed by atoms with E-state index in [2.05, 4.69) is 123 Å². The van der Waals surface area contributed by atoms with Crippen molar-refractivity contribution in [3.05, 3.63) is 150 Å². The van der Waals surface area contributed by atoms with Crippen LogP contribution in [0, 0.1) is 0 Å². The van der Waals surface area contributed by atoms with Crippen LogP contribution in [-0.2, 0) is 40.8 Å². The topological polar surface area (TPSA) is 203 Å². The van der Waals surface area contributed by atoms with Gasteiger partial charge in [0.2, 0.25) is 34.1 Å². The first-order chi connectivity index (χ1) is 39.1. The molecule has 0 saturated heterocycles. The Hall–Kier alpha value is -8.66. The van der Waals surface area contributed by atoms with Crippen molar-refractivity contribution < 1.29 is 39.0 Å². The molecule has 4 amide bonds. The number of nitrogens with one attached hydrogen (secondary N) is 4. The van der Waals surface area contributed by atoms with Gasteiger partial charge in [0.25, 0.3) is 11.8 Å². The van der Waals surface area contributed by atoms with E-state index in [1.165, 1.54) is 38.1 Å². The SMILES string of the molecule is CC(=O)Nc1cc2c(cc1C1=C(O)C(=c3cc4c(cc3NC(=O)c3ccc(C(=O)Nc5cc6c(cc5C5=C(O)C(=c7cc8c(cc7NC(C)=O)=[N+](C)C(C)C8(C)C)C5=O)C(C)(C)C(C)N6C)cc3)=[N+](C)C(C)C4(C)C)C1=O)C(C)(C)C(C)N2C. The minimum Gasteiger partial charge on any atom is -0.506 e. The molecule has 0 fully saturated rings. The number of hydrogen-bond donors (Lipinski definition) is 6. The van der Waals surface area contributed by atoms with Crippen LogP contribution in [0.1, 0.15) is 151 Å². The highest BCUT2D eigenvalue weighted by Gasteiger charge is 2.49. The summed E-state index contributed by atoms with van der Waals surface area (Å²) in [6.07, 6.45) is 0. The maximum absolute atomic E-state index is 14.8. The summed E-state index contributed by atoms with van der Waals surface area (Å²) in [5, 5.41) is 38.7. The minimum atomic E-state index is -0.534. The van der Waals surface area contributed by atoms with Crippen LogP contribution < -0.4 is 61.4 Å². The third-order valence-corrected chi connectivity index (χ3v) is 20.8.